The molecule has 0 spiro atoms. The van der Waals surface area contributed by atoms with Crippen LogP contribution >= 0.6 is 15.9 Å². The molecule has 2 heterocycles. The fraction of sp³-hybridized carbons (Fsp3) is 0.545. The molecule has 15 heavy (non-hydrogen) atoms. The SMILES string of the molecule is Brc1ncccc1NCC1CCCCN1. The van der Waals surface area contributed by atoms with Gasteiger partial charge >= 0.3 is 0 Å². The summed E-state index contributed by atoms with van der Waals surface area (Å²) in [4.78, 5) is 4.18. The first-order chi connectivity index (χ1) is 7.36. The Hall–Kier alpha value is -0.610. The number of pyridine rings is 1. The van der Waals surface area contributed by atoms with Gasteiger partial charge in [-0.3, -0.25) is 0 Å². The molecule has 1 saturated heterocycles. The van der Waals surface area contributed by atoms with Gasteiger partial charge in [0.05, 0.1) is 5.69 Å². The minimum atomic E-state index is 0.603. The van der Waals surface area contributed by atoms with Crippen LogP contribution < -0.4 is 10.6 Å². The third-order valence-electron chi connectivity index (χ3n) is 2.71. The standard InChI is InChI=1S/C11H16BrN3/c12-11-10(5-3-7-14-11)15-8-9-4-1-2-6-13-9/h3,5,7,9,13,15H,1-2,4,6,8H2. The minimum absolute atomic E-state index is 0.603. The first-order valence-corrected chi connectivity index (χ1v) is 6.23. The summed E-state index contributed by atoms with van der Waals surface area (Å²) in [7, 11) is 0. The van der Waals surface area contributed by atoms with E-state index in [0.717, 1.165) is 23.4 Å². The number of halogens is 1. The van der Waals surface area contributed by atoms with E-state index in [1.54, 1.807) is 6.20 Å². The van der Waals surface area contributed by atoms with Gasteiger partial charge in [-0.15, -0.1) is 0 Å². The average molecular weight is 270 g/mol. The van der Waals surface area contributed by atoms with Crippen molar-refractivity contribution in [1.82, 2.24) is 10.3 Å². The van der Waals surface area contributed by atoms with Gasteiger partial charge in [0.15, 0.2) is 0 Å². The number of nitrogens with one attached hydrogen (secondary N) is 2. The number of anilines is 1. The van der Waals surface area contributed by atoms with Crippen molar-refractivity contribution in [3.05, 3.63) is 22.9 Å². The first kappa shape index (κ1) is 10.9. The largest absolute Gasteiger partial charge is 0.381 e. The molecule has 1 aromatic heterocycles. The number of nitrogens with zero attached hydrogens (tertiary/aromatic N) is 1. The molecule has 1 atom stereocenters. The van der Waals surface area contributed by atoms with Crippen molar-refractivity contribution in [3.8, 4) is 0 Å². The fourth-order valence-electron chi connectivity index (χ4n) is 1.85. The van der Waals surface area contributed by atoms with E-state index in [9.17, 15) is 0 Å². The maximum atomic E-state index is 4.18. The summed E-state index contributed by atoms with van der Waals surface area (Å²) < 4.78 is 0.890. The molecule has 1 unspecified atom stereocenters. The summed E-state index contributed by atoms with van der Waals surface area (Å²) in [5.74, 6) is 0. The molecule has 2 N–H and O–H groups in total. The van der Waals surface area contributed by atoms with E-state index >= 15 is 0 Å². The Balaban J connectivity index is 1.84. The normalized spacial score (nSPS) is 21.3. The van der Waals surface area contributed by atoms with Crippen LogP contribution in [0.1, 0.15) is 19.3 Å². The second kappa shape index (κ2) is 5.47. The van der Waals surface area contributed by atoms with E-state index < -0.39 is 0 Å². The van der Waals surface area contributed by atoms with Crippen molar-refractivity contribution >= 4 is 21.6 Å². The highest BCUT2D eigenvalue weighted by atomic mass is 79.9. The zero-order valence-corrected chi connectivity index (χ0v) is 10.3. The molecule has 0 radical (unpaired) electrons. The molecule has 1 aliphatic heterocycles. The predicted octanol–water partition coefficient (Wildman–Crippen LogP) is 2.40. The van der Waals surface area contributed by atoms with Crippen molar-refractivity contribution < 1.29 is 0 Å². The number of piperidine rings is 1. The lowest BCUT2D eigenvalue weighted by atomic mass is 10.1. The van der Waals surface area contributed by atoms with Gasteiger partial charge in [0.2, 0.25) is 0 Å². The Morgan fingerprint density at radius 1 is 1.53 bits per heavy atom. The van der Waals surface area contributed by atoms with E-state index in [0.29, 0.717) is 6.04 Å². The molecule has 0 aromatic carbocycles. The van der Waals surface area contributed by atoms with E-state index in [2.05, 4.69) is 31.5 Å². The zero-order valence-electron chi connectivity index (χ0n) is 8.67. The number of hydrogen-bond donors (Lipinski definition) is 2. The van der Waals surface area contributed by atoms with Crippen molar-refractivity contribution in [2.75, 3.05) is 18.4 Å². The molecule has 3 nitrogen and oxygen atoms in total. The minimum Gasteiger partial charge on any atom is -0.381 e. The molecular weight excluding hydrogens is 254 g/mol. The van der Waals surface area contributed by atoms with Gasteiger partial charge < -0.3 is 10.6 Å². The molecule has 0 aliphatic carbocycles. The Kier molecular flexibility index (Phi) is 3.97. The van der Waals surface area contributed by atoms with Crippen molar-refractivity contribution in [3.63, 3.8) is 0 Å². The molecule has 4 heteroatoms. The summed E-state index contributed by atoms with van der Waals surface area (Å²) >= 11 is 3.43. The lowest BCUT2D eigenvalue weighted by Crippen LogP contribution is -2.39. The predicted molar refractivity (Wildman–Crippen MR) is 66.1 cm³/mol. The smallest absolute Gasteiger partial charge is 0.129 e. The van der Waals surface area contributed by atoms with Crippen LogP contribution in [0.15, 0.2) is 22.9 Å². The molecule has 1 fully saturated rings. The first-order valence-electron chi connectivity index (χ1n) is 5.44. The Bertz CT molecular complexity index is 310. The number of rotatable bonds is 3. The molecule has 1 aliphatic rings. The highest BCUT2D eigenvalue weighted by molar-refractivity contribution is 9.10. The van der Waals surface area contributed by atoms with Gasteiger partial charge in [-0.25, -0.2) is 4.98 Å². The highest BCUT2D eigenvalue weighted by Crippen LogP contribution is 2.18. The van der Waals surface area contributed by atoms with Crippen LogP contribution in [0.5, 0.6) is 0 Å². The lowest BCUT2D eigenvalue weighted by Gasteiger charge is -2.24. The van der Waals surface area contributed by atoms with Gasteiger partial charge in [-0.1, -0.05) is 6.42 Å². The van der Waals surface area contributed by atoms with Crippen LogP contribution in [-0.2, 0) is 0 Å². The third-order valence-corrected chi connectivity index (χ3v) is 3.34. The maximum absolute atomic E-state index is 4.18. The molecule has 0 saturated carbocycles. The van der Waals surface area contributed by atoms with Crippen LogP contribution in [-0.4, -0.2) is 24.1 Å². The summed E-state index contributed by atoms with van der Waals surface area (Å²) in [6.07, 6.45) is 5.71. The Morgan fingerprint density at radius 3 is 3.20 bits per heavy atom. The van der Waals surface area contributed by atoms with Gasteiger partial charge in [0, 0.05) is 18.8 Å². The number of aromatic nitrogens is 1. The monoisotopic (exact) mass is 269 g/mol. The van der Waals surface area contributed by atoms with E-state index in [1.165, 1.54) is 19.3 Å². The summed E-state index contributed by atoms with van der Waals surface area (Å²) in [6, 6.07) is 4.59. The highest BCUT2D eigenvalue weighted by Gasteiger charge is 2.12. The molecule has 82 valence electrons. The summed E-state index contributed by atoms with van der Waals surface area (Å²) in [5.41, 5.74) is 1.07. The summed E-state index contributed by atoms with van der Waals surface area (Å²) in [5, 5.41) is 6.92. The van der Waals surface area contributed by atoms with E-state index in [-0.39, 0.29) is 0 Å². The molecule has 1 aromatic rings. The second-order valence-electron chi connectivity index (χ2n) is 3.87. The molecule has 0 bridgehead atoms. The van der Waals surface area contributed by atoms with Crippen LogP contribution in [0.2, 0.25) is 0 Å². The van der Waals surface area contributed by atoms with E-state index in [1.807, 2.05) is 12.1 Å². The van der Waals surface area contributed by atoms with Gasteiger partial charge in [0.1, 0.15) is 4.60 Å². The lowest BCUT2D eigenvalue weighted by molar-refractivity contribution is 0.414. The van der Waals surface area contributed by atoms with Gasteiger partial charge in [-0.05, 0) is 47.4 Å². The van der Waals surface area contributed by atoms with Gasteiger partial charge in [-0.2, -0.15) is 0 Å². The summed E-state index contributed by atoms with van der Waals surface area (Å²) in [6.45, 7) is 2.13. The second-order valence-corrected chi connectivity index (χ2v) is 4.62. The average Bonchev–Trinajstić information content (AvgIpc) is 2.29. The molecular formula is C11H16BrN3. The number of hydrogen-bond acceptors (Lipinski definition) is 3. The van der Waals surface area contributed by atoms with Crippen molar-refractivity contribution in [1.29, 1.82) is 0 Å². The van der Waals surface area contributed by atoms with Crippen molar-refractivity contribution in [2.24, 2.45) is 0 Å². The van der Waals surface area contributed by atoms with Crippen LogP contribution in [0.3, 0.4) is 0 Å². The van der Waals surface area contributed by atoms with E-state index in [4.69, 9.17) is 0 Å². The maximum Gasteiger partial charge on any atom is 0.129 e. The quantitative estimate of drug-likeness (QED) is 0.828. The molecule has 2 rings (SSSR count). The Morgan fingerprint density at radius 2 is 2.47 bits per heavy atom. The van der Waals surface area contributed by atoms with Crippen LogP contribution in [0.25, 0.3) is 0 Å². The van der Waals surface area contributed by atoms with Gasteiger partial charge in [0.25, 0.3) is 0 Å². The molecule has 0 amide bonds. The fourth-order valence-corrected chi connectivity index (χ4v) is 2.24. The topological polar surface area (TPSA) is 37.0 Å². The van der Waals surface area contributed by atoms with Crippen LogP contribution in [0.4, 0.5) is 5.69 Å². The van der Waals surface area contributed by atoms with Crippen LogP contribution in [0, 0.1) is 0 Å². The third kappa shape index (κ3) is 3.18. The zero-order chi connectivity index (χ0) is 10.5. The van der Waals surface area contributed by atoms with Crippen molar-refractivity contribution in [2.45, 2.75) is 25.3 Å². The Labute approximate surface area is 98.8 Å².